The molecule has 0 bridgehead atoms. The minimum absolute atomic E-state index is 0.290. The number of rotatable bonds is 6. The molecule has 0 aliphatic rings. The second-order valence-electron chi connectivity index (χ2n) is 4.18. The Bertz CT molecular complexity index is 503. The van der Waals surface area contributed by atoms with Gasteiger partial charge in [0.1, 0.15) is 5.82 Å². The molecule has 2 N–H and O–H groups in total. The van der Waals surface area contributed by atoms with Gasteiger partial charge in [0.2, 0.25) is 10.0 Å². The van der Waals surface area contributed by atoms with Gasteiger partial charge in [-0.1, -0.05) is 13.0 Å². The van der Waals surface area contributed by atoms with Crippen LogP contribution in [0.15, 0.2) is 18.2 Å². The van der Waals surface area contributed by atoms with Crippen LogP contribution in [0.5, 0.6) is 0 Å². The standard InChI is InChI=1S/C12H19FN2O2S/c1-4-14-8-9(2)18(16,17)15-12-7-5-6-11(13)10(12)3/h5-7,9,14-15H,4,8H2,1-3H3. The minimum atomic E-state index is -3.50. The smallest absolute Gasteiger partial charge is 0.236 e. The highest BCUT2D eigenvalue weighted by atomic mass is 32.2. The molecule has 0 fully saturated rings. The van der Waals surface area contributed by atoms with E-state index in [0.717, 1.165) is 0 Å². The fraction of sp³-hybridized carbons (Fsp3) is 0.500. The van der Waals surface area contributed by atoms with Crippen molar-refractivity contribution >= 4 is 15.7 Å². The Balaban J connectivity index is 2.85. The molecule has 6 heteroatoms. The van der Waals surface area contributed by atoms with Crippen LogP contribution < -0.4 is 10.0 Å². The monoisotopic (exact) mass is 274 g/mol. The SMILES string of the molecule is CCNCC(C)S(=O)(=O)Nc1cccc(F)c1C. The highest BCUT2D eigenvalue weighted by molar-refractivity contribution is 7.93. The third kappa shape index (κ3) is 3.68. The second kappa shape index (κ2) is 6.15. The summed E-state index contributed by atoms with van der Waals surface area (Å²) in [6, 6.07) is 4.33. The molecular formula is C12H19FN2O2S. The van der Waals surface area contributed by atoms with Crippen LogP contribution in [0.4, 0.5) is 10.1 Å². The molecule has 18 heavy (non-hydrogen) atoms. The van der Waals surface area contributed by atoms with Crippen molar-refractivity contribution in [1.29, 1.82) is 0 Å². The van der Waals surface area contributed by atoms with E-state index in [9.17, 15) is 12.8 Å². The third-order valence-corrected chi connectivity index (χ3v) is 4.46. The van der Waals surface area contributed by atoms with E-state index in [2.05, 4.69) is 10.0 Å². The molecule has 1 aromatic carbocycles. The molecule has 0 saturated heterocycles. The van der Waals surface area contributed by atoms with Gasteiger partial charge >= 0.3 is 0 Å². The number of hydrogen-bond donors (Lipinski definition) is 2. The lowest BCUT2D eigenvalue weighted by atomic mass is 10.2. The average Bonchev–Trinajstić information content (AvgIpc) is 2.31. The minimum Gasteiger partial charge on any atom is -0.316 e. The largest absolute Gasteiger partial charge is 0.316 e. The van der Waals surface area contributed by atoms with Gasteiger partial charge in [0.25, 0.3) is 0 Å². The van der Waals surface area contributed by atoms with Gasteiger partial charge in [-0.2, -0.15) is 0 Å². The molecule has 1 atom stereocenters. The Hall–Kier alpha value is -1.14. The van der Waals surface area contributed by atoms with Crippen molar-refractivity contribution in [3.8, 4) is 0 Å². The molecule has 0 spiro atoms. The van der Waals surface area contributed by atoms with Crippen LogP contribution in [0.1, 0.15) is 19.4 Å². The lowest BCUT2D eigenvalue weighted by molar-refractivity contribution is 0.579. The molecule has 0 aliphatic carbocycles. The summed E-state index contributed by atoms with van der Waals surface area (Å²) in [5.41, 5.74) is 0.593. The zero-order valence-electron chi connectivity index (χ0n) is 10.8. The van der Waals surface area contributed by atoms with Gasteiger partial charge in [-0.15, -0.1) is 0 Å². The van der Waals surface area contributed by atoms with Crippen LogP contribution in [0.25, 0.3) is 0 Å². The Labute approximate surface area is 108 Å². The Morgan fingerprint density at radius 1 is 1.39 bits per heavy atom. The third-order valence-electron chi connectivity index (χ3n) is 2.73. The number of nitrogens with one attached hydrogen (secondary N) is 2. The van der Waals surface area contributed by atoms with E-state index < -0.39 is 21.1 Å². The zero-order valence-corrected chi connectivity index (χ0v) is 11.6. The summed E-state index contributed by atoms with van der Waals surface area (Å²) in [6.45, 7) is 6.13. The van der Waals surface area contributed by atoms with E-state index in [-0.39, 0.29) is 0 Å². The Kier molecular flexibility index (Phi) is 5.10. The average molecular weight is 274 g/mol. The highest BCUT2D eigenvalue weighted by Crippen LogP contribution is 2.19. The van der Waals surface area contributed by atoms with Crippen molar-refractivity contribution in [1.82, 2.24) is 5.32 Å². The lowest BCUT2D eigenvalue weighted by Gasteiger charge is -2.16. The predicted molar refractivity (Wildman–Crippen MR) is 71.7 cm³/mol. The quantitative estimate of drug-likeness (QED) is 0.832. The normalized spacial score (nSPS) is 13.3. The number of benzene rings is 1. The van der Waals surface area contributed by atoms with E-state index >= 15 is 0 Å². The van der Waals surface area contributed by atoms with E-state index in [1.807, 2.05) is 6.92 Å². The van der Waals surface area contributed by atoms with Crippen LogP contribution in [0, 0.1) is 12.7 Å². The van der Waals surface area contributed by atoms with Gasteiger partial charge < -0.3 is 5.32 Å². The van der Waals surface area contributed by atoms with Crippen molar-refractivity contribution in [2.45, 2.75) is 26.0 Å². The zero-order chi connectivity index (χ0) is 13.8. The summed E-state index contributed by atoms with van der Waals surface area (Å²) in [6.07, 6.45) is 0. The van der Waals surface area contributed by atoms with E-state index in [1.54, 1.807) is 19.9 Å². The van der Waals surface area contributed by atoms with Crippen molar-refractivity contribution in [3.63, 3.8) is 0 Å². The molecule has 0 amide bonds. The molecule has 0 saturated carbocycles. The lowest BCUT2D eigenvalue weighted by Crippen LogP contribution is -2.34. The van der Waals surface area contributed by atoms with Crippen LogP contribution in [-0.4, -0.2) is 26.8 Å². The van der Waals surface area contributed by atoms with Gasteiger partial charge in [-0.3, -0.25) is 4.72 Å². The highest BCUT2D eigenvalue weighted by Gasteiger charge is 2.21. The predicted octanol–water partition coefficient (Wildman–Crippen LogP) is 1.87. The van der Waals surface area contributed by atoms with Crippen LogP contribution in [0.2, 0.25) is 0 Å². The summed E-state index contributed by atoms with van der Waals surface area (Å²) in [4.78, 5) is 0. The van der Waals surface area contributed by atoms with Gasteiger partial charge in [-0.05, 0) is 32.5 Å². The van der Waals surface area contributed by atoms with Gasteiger partial charge in [0, 0.05) is 12.1 Å². The fourth-order valence-electron chi connectivity index (χ4n) is 1.43. The molecule has 0 aliphatic heterocycles. The first-order chi connectivity index (χ1) is 8.38. The van der Waals surface area contributed by atoms with E-state index in [1.165, 1.54) is 12.1 Å². The number of hydrogen-bond acceptors (Lipinski definition) is 3. The maximum atomic E-state index is 13.3. The molecule has 4 nitrogen and oxygen atoms in total. The topological polar surface area (TPSA) is 58.2 Å². The maximum Gasteiger partial charge on any atom is 0.236 e. The van der Waals surface area contributed by atoms with Gasteiger partial charge in [0.15, 0.2) is 0 Å². The summed E-state index contributed by atoms with van der Waals surface area (Å²) >= 11 is 0. The van der Waals surface area contributed by atoms with E-state index in [0.29, 0.717) is 24.3 Å². The van der Waals surface area contributed by atoms with Crippen molar-refractivity contribution < 1.29 is 12.8 Å². The first kappa shape index (κ1) is 14.9. The Morgan fingerprint density at radius 2 is 2.06 bits per heavy atom. The maximum absolute atomic E-state index is 13.3. The second-order valence-corrected chi connectivity index (χ2v) is 6.28. The first-order valence-corrected chi connectivity index (χ1v) is 7.40. The van der Waals surface area contributed by atoms with Crippen molar-refractivity contribution in [2.24, 2.45) is 0 Å². The summed E-state index contributed by atoms with van der Waals surface area (Å²) in [7, 11) is -3.50. The van der Waals surface area contributed by atoms with Crippen molar-refractivity contribution in [3.05, 3.63) is 29.6 Å². The van der Waals surface area contributed by atoms with E-state index in [4.69, 9.17) is 0 Å². The Morgan fingerprint density at radius 3 is 2.67 bits per heavy atom. The first-order valence-electron chi connectivity index (χ1n) is 5.86. The number of halogens is 1. The van der Waals surface area contributed by atoms with Gasteiger partial charge in [0.05, 0.1) is 10.9 Å². The van der Waals surface area contributed by atoms with Crippen LogP contribution in [-0.2, 0) is 10.0 Å². The number of anilines is 1. The molecule has 1 rings (SSSR count). The van der Waals surface area contributed by atoms with Gasteiger partial charge in [-0.25, -0.2) is 12.8 Å². The molecule has 0 radical (unpaired) electrons. The molecule has 1 unspecified atom stereocenters. The fourth-order valence-corrected chi connectivity index (χ4v) is 2.50. The molecule has 102 valence electrons. The van der Waals surface area contributed by atoms with Crippen molar-refractivity contribution in [2.75, 3.05) is 17.8 Å². The summed E-state index contributed by atoms with van der Waals surface area (Å²) in [5.74, 6) is -0.422. The summed E-state index contributed by atoms with van der Waals surface area (Å²) < 4.78 is 39.7. The molecule has 1 aromatic rings. The number of sulfonamides is 1. The molecular weight excluding hydrogens is 255 g/mol. The molecule has 0 aromatic heterocycles. The molecule has 0 heterocycles. The van der Waals surface area contributed by atoms with Crippen LogP contribution in [0.3, 0.4) is 0 Å². The van der Waals surface area contributed by atoms with Crippen LogP contribution >= 0.6 is 0 Å². The summed E-state index contributed by atoms with van der Waals surface area (Å²) in [5, 5.41) is 2.39.